The Balaban J connectivity index is 2.34. The molecule has 1 aliphatic heterocycles. The Labute approximate surface area is 108 Å². The summed E-state index contributed by atoms with van der Waals surface area (Å²) in [5.74, 6) is 0.0689. The van der Waals surface area contributed by atoms with E-state index in [1.54, 1.807) is 0 Å². The number of rotatable bonds is 2. The second kappa shape index (κ2) is 5.36. The zero-order valence-electron chi connectivity index (χ0n) is 11.0. The largest absolute Gasteiger partial charge is 0.326 e. The SMILES string of the molecule is CCC=C(C)C(=O)N1CC(N)Cc2ccccc21. The normalized spacial score (nSPS) is 19.6. The van der Waals surface area contributed by atoms with E-state index < -0.39 is 0 Å². The Morgan fingerprint density at radius 1 is 1.50 bits per heavy atom. The molecule has 0 saturated heterocycles. The molecule has 96 valence electrons. The smallest absolute Gasteiger partial charge is 0.253 e. The maximum absolute atomic E-state index is 12.4. The van der Waals surface area contributed by atoms with Gasteiger partial charge in [-0.1, -0.05) is 31.2 Å². The van der Waals surface area contributed by atoms with Gasteiger partial charge in [-0.05, 0) is 31.4 Å². The Morgan fingerprint density at radius 3 is 2.94 bits per heavy atom. The summed E-state index contributed by atoms with van der Waals surface area (Å²) in [4.78, 5) is 14.2. The molecule has 1 aromatic carbocycles. The minimum absolute atomic E-state index is 0.0262. The molecule has 0 spiro atoms. The molecule has 2 N–H and O–H groups in total. The number of anilines is 1. The second-order valence-electron chi connectivity index (χ2n) is 4.80. The molecule has 0 fully saturated rings. The minimum atomic E-state index is 0.0262. The highest BCUT2D eigenvalue weighted by Gasteiger charge is 2.26. The Kier molecular flexibility index (Phi) is 3.82. The maximum atomic E-state index is 12.4. The fourth-order valence-corrected chi connectivity index (χ4v) is 2.43. The first-order chi connectivity index (χ1) is 8.63. The van der Waals surface area contributed by atoms with Gasteiger partial charge in [0.05, 0.1) is 0 Å². The number of fused-ring (bicyclic) bond motifs is 1. The van der Waals surface area contributed by atoms with E-state index in [1.807, 2.05) is 49.1 Å². The van der Waals surface area contributed by atoms with Crippen molar-refractivity contribution in [3.63, 3.8) is 0 Å². The molecule has 1 heterocycles. The van der Waals surface area contributed by atoms with Crippen molar-refractivity contribution in [2.75, 3.05) is 11.4 Å². The van der Waals surface area contributed by atoms with Gasteiger partial charge >= 0.3 is 0 Å². The third-order valence-electron chi connectivity index (χ3n) is 3.27. The lowest BCUT2D eigenvalue weighted by molar-refractivity contribution is -0.115. The van der Waals surface area contributed by atoms with E-state index in [0.29, 0.717) is 6.54 Å². The first kappa shape index (κ1) is 12.8. The van der Waals surface area contributed by atoms with Crippen LogP contribution in [0.5, 0.6) is 0 Å². The van der Waals surface area contributed by atoms with Gasteiger partial charge in [0.2, 0.25) is 0 Å². The highest BCUT2D eigenvalue weighted by molar-refractivity contribution is 6.05. The quantitative estimate of drug-likeness (QED) is 0.811. The first-order valence-corrected chi connectivity index (χ1v) is 6.45. The molecule has 2 rings (SSSR count). The van der Waals surface area contributed by atoms with Crippen LogP contribution in [0, 0.1) is 0 Å². The molecular weight excluding hydrogens is 224 g/mol. The third kappa shape index (κ3) is 2.46. The molecular formula is C15H20N2O. The van der Waals surface area contributed by atoms with Crippen LogP contribution < -0.4 is 10.6 Å². The molecule has 18 heavy (non-hydrogen) atoms. The van der Waals surface area contributed by atoms with Crippen LogP contribution in [0.4, 0.5) is 5.69 Å². The highest BCUT2D eigenvalue weighted by atomic mass is 16.2. The van der Waals surface area contributed by atoms with Crippen LogP contribution in [-0.2, 0) is 11.2 Å². The van der Waals surface area contributed by atoms with Crippen LogP contribution in [0.25, 0.3) is 0 Å². The lowest BCUT2D eigenvalue weighted by atomic mass is 9.97. The van der Waals surface area contributed by atoms with E-state index >= 15 is 0 Å². The second-order valence-corrected chi connectivity index (χ2v) is 4.80. The highest BCUT2D eigenvalue weighted by Crippen LogP contribution is 2.27. The standard InChI is InChI=1S/C15H20N2O/c1-3-6-11(2)15(18)17-10-13(16)9-12-7-4-5-8-14(12)17/h4-8,13H,3,9-10,16H2,1-2H3. The summed E-state index contributed by atoms with van der Waals surface area (Å²) in [5.41, 5.74) is 9.00. The predicted molar refractivity (Wildman–Crippen MR) is 74.5 cm³/mol. The van der Waals surface area contributed by atoms with Gasteiger partial charge in [0, 0.05) is 23.8 Å². The number of nitrogens with zero attached hydrogens (tertiary/aromatic N) is 1. The van der Waals surface area contributed by atoms with Crippen molar-refractivity contribution in [2.45, 2.75) is 32.7 Å². The monoisotopic (exact) mass is 244 g/mol. The molecule has 0 bridgehead atoms. The van der Waals surface area contributed by atoms with Gasteiger partial charge < -0.3 is 10.6 Å². The molecule has 0 aromatic heterocycles. The molecule has 3 heteroatoms. The summed E-state index contributed by atoms with van der Waals surface area (Å²) in [7, 11) is 0. The summed E-state index contributed by atoms with van der Waals surface area (Å²) < 4.78 is 0. The molecule has 1 unspecified atom stereocenters. The Morgan fingerprint density at radius 2 is 2.22 bits per heavy atom. The van der Waals surface area contributed by atoms with E-state index in [-0.39, 0.29) is 11.9 Å². The summed E-state index contributed by atoms with van der Waals surface area (Å²) in [6, 6.07) is 8.04. The number of benzene rings is 1. The molecule has 0 saturated carbocycles. The van der Waals surface area contributed by atoms with Gasteiger partial charge in [-0.3, -0.25) is 4.79 Å². The number of hydrogen-bond acceptors (Lipinski definition) is 2. The number of hydrogen-bond donors (Lipinski definition) is 1. The van der Waals surface area contributed by atoms with Crippen molar-refractivity contribution in [1.29, 1.82) is 0 Å². The number of carbonyl (C=O) groups excluding carboxylic acids is 1. The van der Waals surface area contributed by atoms with Crippen molar-refractivity contribution in [3.05, 3.63) is 41.5 Å². The number of nitrogens with two attached hydrogens (primary N) is 1. The zero-order valence-corrected chi connectivity index (χ0v) is 11.0. The number of carbonyl (C=O) groups is 1. The lowest BCUT2D eigenvalue weighted by Crippen LogP contribution is -2.46. The summed E-state index contributed by atoms with van der Waals surface area (Å²) in [6.07, 6.45) is 3.68. The van der Waals surface area contributed by atoms with Crippen molar-refractivity contribution < 1.29 is 4.79 Å². The average molecular weight is 244 g/mol. The fourth-order valence-electron chi connectivity index (χ4n) is 2.43. The fraction of sp³-hybridized carbons (Fsp3) is 0.400. The van der Waals surface area contributed by atoms with E-state index in [2.05, 4.69) is 0 Å². The van der Waals surface area contributed by atoms with Crippen LogP contribution >= 0.6 is 0 Å². The van der Waals surface area contributed by atoms with Gasteiger partial charge in [0.25, 0.3) is 5.91 Å². The van der Waals surface area contributed by atoms with E-state index in [9.17, 15) is 4.79 Å². The molecule has 1 aromatic rings. The van der Waals surface area contributed by atoms with Crippen LogP contribution in [-0.4, -0.2) is 18.5 Å². The van der Waals surface area contributed by atoms with Crippen LogP contribution in [0.1, 0.15) is 25.8 Å². The topological polar surface area (TPSA) is 46.3 Å². The summed E-state index contributed by atoms with van der Waals surface area (Å²) >= 11 is 0. The van der Waals surface area contributed by atoms with Crippen LogP contribution in [0.3, 0.4) is 0 Å². The van der Waals surface area contributed by atoms with E-state index in [0.717, 1.165) is 29.7 Å². The van der Waals surface area contributed by atoms with E-state index in [1.165, 1.54) is 0 Å². The zero-order chi connectivity index (χ0) is 13.1. The number of amides is 1. The van der Waals surface area contributed by atoms with Gasteiger partial charge in [-0.25, -0.2) is 0 Å². The molecule has 1 amide bonds. The van der Waals surface area contributed by atoms with Crippen molar-refractivity contribution in [2.24, 2.45) is 5.73 Å². The predicted octanol–water partition coefficient (Wildman–Crippen LogP) is 2.26. The van der Waals surface area contributed by atoms with Crippen LogP contribution in [0.15, 0.2) is 35.9 Å². The molecule has 1 aliphatic rings. The summed E-state index contributed by atoms with van der Waals surface area (Å²) in [5, 5.41) is 0. The van der Waals surface area contributed by atoms with E-state index in [4.69, 9.17) is 5.73 Å². The average Bonchev–Trinajstić information content (AvgIpc) is 2.37. The van der Waals surface area contributed by atoms with Crippen molar-refractivity contribution >= 4 is 11.6 Å². The third-order valence-corrected chi connectivity index (χ3v) is 3.27. The van der Waals surface area contributed by atoms with Gasteiger partial charge in [0.1, 0.15) is 0 Å². The molecule has 1 atom stereocenters. The molecule has 0 radical (unpaired) electrons. The lowest BCUT2D eigenvalue weighted by Gasteiger charge is -2.33. The van der Waals surface area contributed by atoms with Gasteiger partial charge in [-0.2, -0.15) is 0 Å². The van der Waals surface area contributed by atoms with Crippen molar-refractivity contribution in [1.82, 2.24) is 0 Å². The Bertz CT molecular complexity index is 479. The van der Waals surface area contributed by atoms with Crippen molar-refractivity contribution in [3.8, 4) is 0 Å². The minimum Gasteiger partial charge on any atom is -0.326 e. The van der Waals surface area contributed by atoms with Gasteiger partial charge in [0.15, 0.2) is 0 Å². The summed E-state index contributed by atoms with van der Waals surface area (Å²) in [6.45, 7) is 4.51. The Hall–Kier alpha value is -1.61. The number of allylic oxidation sites excluding steroid dienone is 1. The molecule has 3 nitrogen and oxygen atoms in total. The first-order valence-electron chi connectivity index (χ1n) is 6.45. The number of para-hydroxylation sites is 1. The van der Waals surface area contributed by atoms with Crippen LogP contribution in [0.2, 0.25) is 0 Å². The van der Waals surface area contributed by atoms with Gasteiger partial charge in [-0.15, -0.1) is 0 Å². The molecule has 0 aliphatic carbocycles. The maximum Gasteiger partial charge on any atom is 0.253 e.